The molecule has 0 aliphatic rings. The topological polar surface area (TPSA) is 63.1 Å². The number of thiazole rings is 1. The van der Waals surface area contributed by atoms with Gasteiger partial charge in [0.25, 0.3) is 0 Å². The number of aromatic nitrogens is 2. The molecule has 0 aliphatic heterocycles. The van der Waals surface area contributed by atoms with E-state index >= 15 is 0 Å². The van der Waals surface area contributed by atoms with Crippen LogP contribution in [0.25, 0.3) is 21.5 Å². The van der Waals surface area contributed by atoms with Gasteiger partial charge in [0, 0.05) is 21.6 Å². The highest BCUT2D eigenvalue weighted by Crippen LogP contribution is 2.35. The lowest BCUT2D eigenvalue weighted by Crippen LogP contribution is -1.94. The molecule has 2 aromatic heterocycles. The van der Waals surface area contributed by atoms with Crippen LogP contribution in [0.15, 0.2) is 34.9 Å². The van der Waals surface area contributed by atoms with Crippen molar-refractivity contribution in [1.82, 2.24) is 9.97 Å². The fourth-order valence-electron chi connectivity index (χ4n) is 2.02. The Bertz CT molecular complexity index is 829. The second kappa shape index (κ2) is 4.96. The first-order valence-corrected chi connectivity index (χ1v) is 7.43. The molecule has 0 saturated carbocycles. The minimum atomic E-state index is -0.944. The first-order valence-electron chi connectivity index (χ1n) is 5.82. The Morgan fingerprint density at radius 1 is 1.35 bits per heavy atom. The van der Waals surface area contributed by atoms with E-state index in [2.05, 4.69) is 25.9 Å². The minimum Gasteiger partial charge on any atom is -0.477 e. The van der Waals surface area contributed by atoms with Crippen LogP contribution in [0.5, 0.6) is 0 Å². The van der Waals surface area contributed by atoms with Crippen molar-refractivity contribution < 1.29 is 9.90 Å². The summed E-state index contributed by atoms with van der Waals surface area (Å²) in [7, 11) is 0. The van der Waals surface area contributed by atoms with E-state index in [1.54, 1.807) is 13.1 Å². The summed E-state index contributed by atoms with van der Waals surface area (Å²) in [6.07, 6.45) is 1.72. The number of pyridine rings is 1. The fraction of sp³-hybridized carbons (Fsp3) is 0.0714. The van der Waals surface area contributed by atoms with Crippen LogP contribution in [0.3, 0.4) is 0 Å². The van der Waals surface area contributed by atoms with Gasteiger partial charge in [0.1, 0.15) is 9.88 Å². The van der Waals surface area contributed by atoms with E-state index in [1.165, 1.54) is 11.3 Å². The summed E-state index contributed by atoms with van der Waals surface area (Å²) in [6.45, 7) is 1.71. The summed E-state index contributed by atoms with van der Waals surface area (Å²) < 4.78 is 0.955. The highest BCUT2D eigenvalue weighted by atomic mass is 79.9. The summed E-state index contributed by atoms with van der Waals surface area (Å²) in [5.41, 5.74) is 2.20. The molecule has 1 aromatic carbocycles. The maximum Gasteiger partial charge on any atom is 0.347 e. The molecule has 0 spiro atoms. The molecule has 0 unspecified atom stereocenters. The Kier molecular flexibility index (Phi) is 3.27. The van der Waals surface area contributed by atoms with Crippen LogP contribution in [0.4, 0.5) is 0 Å². The molecule has 0 aliphatic carbocycles. The number of aryl methyl sites for hydroxylation is 1. The molecule has 0 bridgehead atoms. The number of hydrogen-bond acceptors (Lipinski definition) is 4. The molecule has 3 rings (SSSR count). The van der Waals surface area contributed by atoms with Crippen molar-refractivity contribution in [2.24, 2.45) is 0 Å². The van der Waals surface area contributed by atoms with Crippen LogP contribution < -0.4 is 0 Å². The molecule has 0 saturated heterocycles. The van der Waals surface area contributed by atoms with E-state index in [-0.39, 0.29) is 4.88 Å². The van der Waals surface area contributed by atoms with Crippen LogP contribution in [-0.2, 0) is 0 Å². The first kappa shape index (κ1) is 13.2. The third-order valence-corrected chi connectivity index (χ3v) is 4.81. The predicted molar refractivity (Wildman–Crippen MR) is 82.2 cm³/mol. The number of carbonyl (C=O) groups is 1. The van der Waals surface area contributed by atoms with Gasteiger partial charge in [0.05, 0.1) is 11.2 Å². The van der Waals surface area contributed by atoms with Gasteiger partial charge in [-0.15, -0.1) is 11.3 Å². The summed E-state index contributed by atoms with van der Waals surface area (Å²) in [6, 6.07) is 7.67. The Labute approximate surface area is 127 Å². The number of halogens is 1. The molecule has 0 radical (unpaired) electrons. The molecule has 100 valence electrons. The van der Waals surface area contributed by atoms with Gasteiger partial charge in [0.15, 0.2) is 0 Å². The van der Waals surface area contributed by atoms with Gasteiger partial charge in [-0.05, 0) is 25.1 Å². The molecule has 6 heteroatoms. The average Bonchev–Trinajstić information content (AvgIpc) is 2.81. The lowest BCUT2D eigenvalue weighted by atomic mass is 10.1. The minimum absolute atomic E-state index is 0.270. The number of fused-ring (bicyclic) bond motifs is 1. The van der Waals surface area contributed by atoms with Gasteiger partial charge >= 0.3 is 5.97 Å². The zero-order valence-corrected chi connectivity index (χ0v) is 12.8. The molecular weight excluding hydrogens is 340 g/mol. The Balaban J connectivity index is 2.28. The number of carboxylic acid groups (broad SMARTS) is 1. The van der Waals surface area contributed by atoms with Crippen molar-refractivity contribution in [2.45, 2.75) is 6.92 Å². The third kappa shape index (κ3) is 2.10. The Morgan fingerprint density at radius 2 is 2.15 bits per heavy atom. The van der Waals surface area contributed by atoms with Gasteiger partial charge < -0.3 is 5.11 Å². The number of carboxylic acids is 1. The number of nitrogens with zero attached hydrogens (tertiary/aromatic N) is 2. The van der Waals surface area contributed by atoms with E-state index < -0.39 is 5.97 Å². The van der Waals surface area contributed by atoms with Crippen molar-refractivity contribution in [3.8, 4) is 10.6 Å². The summed E-state index contributed by atoms with van der Waals surface area (Å²) >= 11 is 4.67. The smallest absolute Gasteiger partial charge is 0.347 e. The summed E-state index contributed by atoms with van der Waals surface area (Å²) in [5.74, 6) is -0.944. The van der Waals surface area contributed by atoms with Gasteiger partial charge in [0.2, 0.25) is 0 Å². The van der Waals surface area contributed by atoms with Crippen molar-refractivity contribution in [3.05, 3.63) is 45.5 Å². The van der Waals surface area contributed by atoms with Crippen molar-refractivity contribution in [2.75, 3.05) is 0 Å². The number of benzene rings is 1. The molecule has 4 nitrogen and oxygen atoms in total. The van der Waals surface area contributed by atoms with E-state index in [4.69, 9.17) is 5.11 Å². The standard InChI is InChI=1S/C14H9BrN2O2S/c1-7-12(14(18)19)20-13(17-7)9-4-5-10(15)8-3-2-6-16-11(8)9/h2-6H,1H3,(H,18,19). The number of aromatic carboxylic acids is 1. The van der Waals surface area contributed by atoms with E-state index in [0.717, 1.165) is 20.9 Å². The van der Waals surface area contributed by atoms with E-state index in [9.17, 15) is 4.79 Å². The van der Waals surface area contributed by atoms with Crippen LogP contribution in [0, 0.1) is 6.92 Å². The Morgan fingerprint density at radius 3 is 2.85 bits per heavy atom. The molecule has 0 amide bonds. The highest BCUT2D eigenvalue weighted by molar-refractivity contribution is 9.10. The van der Waals surface area contributed by atoms with Crippen LogP contribution >= 0.6 is 27.3 Å². The highest BCUT2D eigenvalue weighted by Gasteiger charge is 2.17. The SMILES string of the molecule is Cc1nc(-c2ccc(Br)c3cccnc23)sc1C(=O)O. The number of rotatable bonds is 2. The fourth-order valence-corrected chi connectivity index (χ4v) is 3.40. The van der Waals surface area contributed by atoms with Crippen molar-refractivity contribution >= 4 is 44.1 Å². The normalized spacial score (nSPS) is 10.9. The first-order chi connectivity index (χ1) is 9.58. The van der Waals surface area contributed by atoms with Gasteiger partial charge in [-0.1, -0.05) is 22.0 Å². The molecule has 20 heavy (non-hydrogen) atoms. The van der Waals surface area contributed by atoms with E-state index in [0.29, 0.717) is 10.7 Å². The lowest BCUT2D eigenvalue weighted by Gasteiger charge is -2.04. The van der Waals surface area contributed by atoms with Gasteiger partial charge in [-0.3, -0.25) is 4.98 Å². The zero-order chi connectivity index (χ0) is 14.3. The summed E-state index contributed by atoms with van der Waals surface area (Å²) in [4.78, 5) is 20.2. The van der Waals surface area contributed by atoms with Gasteiger partial charge in [-0.25, -0.2) is 9.78 Å². The lowest BCUT2D eigenvalue weighted by molar-refractivity contribution is 0.0701. The molecule has 3 aromatic rings. The molecular formula is C14H9BrN2O2S. The Hall–Kier alpha value is -1.79. The second-order valence-electron chi connectivity index (χ2n) is 4.23. The monoisotopic (exact) mass is 348 g/mol. The van der Waals surface area contributed by atoms with Crippen LogP contribution in [0.2, 0.25) is 0 Å². The van der Waals surface area contributed by atoms with Gasteiger partial charge in [-0.2, -0.15) is 0 Å². The largest absolute Gasteiger partial charge is 0.477 e. The summed E-state index contributed by atoms with van der Waals surface area (Å²) in [5, 5.41) is 10.8. The molecule has 2 heterocycles. The predicted octanol–water partition coefficient (Wildman–Crippen LogP) is 4.13. The maximum absolute atomic E-state index is 11.1. The van der Waals surface area contributed by atoms with Crippen LogP contribution in [0.1, 0.15) is 15.4 Å². The average molecular weight is 349 g/mol. The maximum atomic E-state index is 11.1. The van der Waals surface area contributed by atoms with E-state index in [1.807, 2.05) is 24.3 Å². The van der Waals surface area contributed by atoms with Crippen molar-refractivity contribution in [3.63, 3.8) is 0 Å². The quantitative estimate of drug-likeness (QED) is 0.756. The molecule has 1 N–H and O–H groups in total. The molecule has 0 fully saturated rings. The van der Waals surface area contributed by atoms with Crippen molar-refractivity contribution in [1.29, 1.82) is 0 Å². The zero-order valence-electron chi connectivity index (χ0n) is 10.4. The second-order valence-corrected chi connectivity index (χ2v) is 6.09. The van der Waals surface area contributed by atoms with Crippen LogP contribution in [-0.4, -0.2) is 21.0 Å². The molecule has 0 atom stereocenters. The number of hydrogen-bond donors (Lipinski definition) is 1. The third-order valence-electron chi connectivity index (χ3n) is 2.94.